The number of thiazole rings is 1. The molecule has 2 heterocycles. The molecule has 0 spiro atoms. The lowest BCUT2D eigenvalue weighted by Crippen LogP contribution is -2.54. The van der Waals surface area contributed by atoms with Crippen LogP contribution in [0.3, 0.4) is 0 Å². The number of anilines is 2. The molecule has 2 bridgehead atoms. The molecule has 0 unspecified atom stereocenters. The first-order valence-electron chi connectivity index (χ1n) is 14.0. The van der Waals surface area contributed by atoms with Crippen molar-refractivity contribution in [2.75, 3.05) is 17.4 Å². The van der Waals surface area contributed by atoms with Crippen molar-refractivity contribution < 1.29 is 19.2 Å². The van der Waals surface area contributed by atoms with Crippen LogP contribution < -0.4 is 15.1 Å². The number of carbonyl (C=O) groups excluding carboxylic acids is 2. The molecule has 3 aliphatic carbocycles. The Morgan fingerprint density at radius 3 is 2.34 bits per heavy atom. The van der Waals surface area contributed by atoms with Gasteiger partial charge in [0.15, 0.2) is 0 Å². The van der Waals surface area contributed by atoms with Crippen LogP contribution in [-0.2, 0) is 15.0 Å². The molecule has 4 aromatic carbocycles. The molecule has 1 aliphatic heterocycles. The molecule has 0 saturated carbocycles. The van der Waals surface area contributed by atoms with Crippen molar-refractivity contribution in [3.05, 3.63) is 123 Å². The van der Waals surface area contributed by atoms with E-state index in [1.165, 1.54) is 36.6 Å². The van der Waals surface area contributed by atoms with E-state index in [0.29, 0.717) is 5.13 Å². The first-order chi connectivity index (χ1) is 21.4. The van der Waals surface area contributed by atoms with Crippen LogP contribution in [0.4, 0.5) is 16.5 Å². The minimum atomic E-state index is -1.08. The number of aromatic nitrogens is 1. The van der Waals surface area contributed by atoms with Crippen molar-refractivity contribution >= 4 is 56.1 Å². The van der Waals surface area contributed by atoms with E-state index in [9.17, 15) is 19.7 Å². The lowest BCUT2D eigenvalue weighted by atomic mass is 9.47. The topological polar surface area (TPSA) is 127 Å². The van der Waals surface area contributed by atoms with Crippen molar-refractivity contribution in [1.82, 2.24) is 4.98 Å². The molecular formula is C33H23N5O5S. The second kappa shape index (κ2) is 9.55. The summed E-state index contributed by atoms with van der Waals surface area (Å²) in [5.74, 6) is -2.61. The summed E-state index contributed by atoms with van der Waals surface area (Å²) in [5, 5.41) is 16.8. The van der Waals surface area contributed by atoms with Crippen molar-refractivity contribution in [2.45, 2.75) is 11.3 Å². The van der Waals surface area contributed by atoms with Crippen molar-refractivity contribution in [1.29, 1.82) is 0 Å². The Labute approximate surface area is 254 Å². The second-order valence-electron chi connectivity index (χ2n) is 11.0. The highest BCUT2D eigenvalue weighted by Crippen LogP contribution is 2.64. The minimum absolute atomic E-state index is 0.0714. The first kappa shape index (κ1) is 26.2. The molecule has 1 N–H and O–H groups in total. The third-order valence-electron chi connectivity index (χ3n) is 9.02. The number of fused-ring (bicyclic) bond motifs is 1. The average Bonchev–Trinajstić information content (AvgIpc) is 3.58. The Bertz CT molecular complexity index is 1990. The predicted molar refractivity (Wildman–Crippen MR) is 166 cm³/mol. The Morgan fingerprint density at radius 2 is 1.66 bits per heavy atom. The Balaban J connectivity index is 1.31. The van der Waals surface area contributed by atoms with Gasteiger partial charge in [0, 0.05) is 18.2 Å². The fourth-order valence-corrected chi connectivity index (χ4v) is 8.18. The normalized spacial score (nSPS) is 23.1. The number of para-hydroxylation sites is 1. The smallest absolute Gasteiger partial charge is 0.273 e. The fourth-order valence-electron chi connectivity index (χ4n) is 7.36. The number of nitro groups is 1. The van der Waals surface area contributed by atoms with Gasteiger partial charge >= 0.3 is 0 Å². The van der Waals surface area contributed by atoms with Crippen LogP contribution in [0.25, 0.3) is 10.2 Å². The maximum absolute atomic E-state index is 14.6. The maximum Gasteiger partial charge on any atom is 0.273 e. The number of nitro benzene ring substituents is 1. The van der Waals surface area contributed by atoms with Gasteiger partial charge in [-0.05, 0) is 40.5 Å². The van der Waals surface area contributed by atoms with Crippen LogP contribution in [0.5, 0.6) is 5.75 Å². The summed E-state index contributed by atoms with van der Waals surface area (Å²) in [5.41, 5.74) is 6.61. The Kier molecular flexibility index (Phi) is 5.69. The van der Waals surface area contributed by atoms with Crippen molar-refractivity contribution in [3.8, 4) is 5.75 Å². The zero-order valence-corrected chi connectivity index (χ0v) is 24.0. The quantitative estimate of drug-likeness (QED) is 0.112. The highest BCUT2D eigenvalue weighted by atomic mass is 32.1. The van der Waals surface area contributed by atoms with Crippen LogP contribution in [-0.4, -0.2) is 35.0 Å². The van der Waals surface area contributed by atoms with Gasteiger partial charge in [-0.3, -0.25) is 25.1 Å². The lowest BCUT2D eigenvalue weighted by molar-refractivity contribution is -0.384. The monoisotopic (exact) mass is 601 g/mol. The largest absolute Gasteiger partial charge is 0.494 e. The third-order valence-corrected chi connectivity index (χ3v) is 9.96. The van der Waals surface area contributed by atoms with Crippen LogP contribution in [0.15, 0.2) is 96.1 Å². The van der Waals surface area contributed by atoms with Gasteiger partial charge in [0.05, 0.1) is 51.3 Å². The predicted octanol–water partition coefficient (Wildman–Crippen LogP) is 5.86. The van der Waals surface area contributed by atoms with Gasteiger partial charge in [-0.1, -0.05) is 72.0 Å². The van der Waals surface area contributed by atoms with E-state index in [2.05, 4.69) is 10.4 Å². The summed E-state index contributed by atoms with van der Waals surface area (Å²) in [7, 11) is 1.36. The number of rotatable bonds is 6. The van der Waals surface area contributed by atoms with Gasteiger partial charge < -0.3 is 4.74 Å². The van der Waals surface area contributed by atoms with Crippen LogP contribution >= 0.6 is 11.3 Å². The highest BCUT2D eigenvalue weighted by Gasteiger charge is 2.68. The molecular weight excluding hydrogens is 578 g/mol. The van der Waals surface area contributed by atoms with Crippen molar-refractivity contribution in [2.24, 2.45) is 16.9 Å². The number of nitrogens with one attached hydrogen (secondary N) is 1. The van der Waals surface area contributed by atoms with E-state index in [1.807, 2.05) is 72.8 Å². The van der Waals surface area contributed by atoms with E-state index >= 15 is 0 Å². The number of hydrogen-bond acceptors (Lipinski definition) is 9. The number of methoxy groups -OCH3 is 1. The Hall–Kier alpha value is -5.42. The number of nitrogens with zero attached hydrogens (tertiary/aromatic N) is 4. The standard InChI is InChI=1S/C33H23N5O5S/c1-43-25-16-18(38(41)42)14-15-24(25)37-30(39)28-27-19-8-2-4-10-21(19)33(29(28)31(37)40,22-11-5-3-9-20(22)27)17-34-36-32-35-23-12-6-7-13-26(23)44-32/h2-17,27-29H,1H3,(H,35,36)/b34-17-/t27?,28-,29+,33?/m0/s1. The van der Waals surface area contributed by atoms with Crippen molar-refractivity contribution in [3.63, 3.8) is 0 Å². The molecule has 10 nitrogen and oxygen atoms in total. The molecule has 44 heavy (non-hydrogen) atoms. The lowest BCUT2D eigenvalue weighted by Gasteiger charge is -2.52. The number of imide groups is 1. The molecule has 11 heteroatoms. The van der Waals surface area contributed by atoms with E-state index < -0.39 is 28.1 Å². The molecule has 4 aliphatic rings. The second-order valence-corrected chi connectivity index (χ2v) is 12.0. The SMILES string of the molecule is COc1cc([N+](=O)[O-])ccc1N1C(=O)[C@H]2C3c4ccccc4C(/C=N\Nc4nc5ccccc5s4)(c4ccccc43)[C@H]2C1=O. The van der Waals surface area contributed by atoms with Crippen LogP contribution in [0.2, 0.25) is 0 Å². The minimum Gasteiger partial charge on any atom is -0.494 e. The maximum atomic E-state index is 14.6. The summed E-state index contributed by atoms with van der Waals surface area (Å²) in [6.45, 7) is 0. The van der Waals surface area contributed by atoms with E-state index in [-0.39, 0.29) is 28.9 Å². The van der Waals surface area contributed by atoms with E-state index in [1.54, 1.807) is 6.21 Å². The zero-order valence-electron chi connectivity index (χ0n) is 23.2. The summed E-state index contributed by atoms with van der Waals surface area (Å²) in [6.07, 6.45) is 1.76. The molecule has 2 amide bonds. The Morgan fingerprint density at radius 1 is 0.977 bits per heavy atom. The summed E-state index contributed by atoms with van der Waals surface area (Å²) >= 11 is 1.47. The van der Waals surface area contributed by atoms with E-state index in [4.69, 9.17) is 9.84 Å². The molecule has 1 aromatic heterocycles. The molecule has 9 rings (SSSR count). The molecule has 5 aromatic rings. The van der Waals surface area contributed by atoms with Gasteiger partial charge in [0.25, 0.3) is 5.69 Å². The number of ether oxygens (including phenoxy) is 1. The van der Waals surface area contributed by atoms with E-state index in [0.717, 1.165) is 37.4 Å². The summed E-state index contributed by atoms with van der Waals surface area (Å²) < 4.78 is 6.48. The van der Waals surface area contributed by atoms with Gasteiger partial charge in [-0.15, -0.1) is 0 Å². The summed E-state index contributed by atoms with van der Waals surface area (Å²) in [6, 6.07) is 27.5. The molecule has 0 radical (unpaired) electrons. The number of carbonyl (C=O) groups is 2. The number of non-ortho nitro benzene ring substituents is 1. The van der Waals surface area contributed by atoms with Crippen LogP contribution in [0, 0.1) is 22.0 Å². The third kappa shape index (κ3) is 3.47. The molecule has 1 fully saturated rings. The number of amides is 2. The van der Waals surface area contributed by atoms with Gasteiger partial charge in [0.2, 0.25) is 16.9 Å². The fraction of sp³-hybridized carbons (Fsp3) is 0.152. The first-order valence-corrected chi connectivity index (χ1v) is 14.8. The van der Waals surface area contributed by atoms with Crippen LogP contribution in [0.1, 0.15) is 28.2 Å². The molecule has 216 valence electrons. The zero-order chi connectivity index (χ0) is 30.2. The van der Waals surface area contributed by atoms with Gasteiger partial charge in [-0.2, -0.15) is 5.10 Å². The number of hydrazone groups is 1. The van der Waals surface area contributed by atoms with Gasteiger partial charge in [-0.25, -0.2) is 9.88 Å². The highest BCUT2D eigenvalue weighted by molar-refractivity contribution is 7.22. The number of hydrogen-bond donors (Lipinski definition) is 1. The van der Waals surface area contributed by atoms with Gasteiger partial charge in [0.1, 0.15) is 5.75 Å². The summed E-state index contributed by atoms with van der Waals surface area (Å²) in [4.78, 5) is 45.7. The molecule has 1 saturated heterocycles. The molecule has 2 atom stereocenters. The average molecular weight is 602 g/mol. The number of benzene rings is 4.